The molecule has 1 aromatic carbocycles. The van der Waals surface area contributed by atoms with E-state index in [4.69, 9.17) is 9.15 Å². The molecule has 0 radical (unpaired) electrons. The number of hydrogen-bond donors (Lipinski definition) is 2. The number of amides is 1. The van der Waals surface area contributed by atoms with Gasteiger partial charge in [-0.15, -0.1) is 10.2 Å². The molecule has 0 bridgehead atoms. The van der Waals surface area contributed by atoms with Gasteiger partial charge in [-0.05, 0) is 38.8 Å². The van der Waals surface area contributed by atoms with Crippen molar-refractivity contribution in [3.63, 3.8) is 0 Å². The molecular formula is C21H28N4O3S. The Morgan fingerprint density at radius 3 is 2.86 bits per heavy atom. The molecule has 2 heterocycles. The third kappa shape index (κ3) is 6.00. The van der Waals surface area contributed by atoms with E-state index >= 15 is 0 Å². The molecule has 0 spiro atoms. The number of hydrogen-bond acceptors (Lipinski definition) is 6. The van der Waals surface area contributed by atoms with Crippen LogP contribution in [0.1, 0.15) is 58.0 Å². The standard InChI is InChI=1S/C21H28N4O3S/c1-5-6-11-29-20-25-24-18(27-20)17(23-19(26)28-21(2,3)4)12-14-13-22-16-10-8-7-9-15(14)16/h7-10,13,17,22H,5-6,11-12H2,1-4H3,(H,23,26). The minimum atomic E-state index is -0.592. The molecule has 156 valence electrons. The Kier molecular flexibility index (Phi) is 6.84. The zero-order valence-electron chi connectivity index (χ0n) is 17.3. The van der Waals surface area contributed by atoms with Crippen LogP contribution in [0.3, 0.4) is 0 Å². The first kappa shape index (κ1) is 21.2. The van der Waals surface area contributed by atoms with E-state index in [0.717, 1.165) is 35.1 Å². The summed E-state index contributed by atoms with van der Waals surface area (Å²) in [6.45, 7) is 7.63. The van der Waals surface area contributed by atoms with Gasteiger partial charge < -0.3 is 19.5 Å². The summed E-state index contributed by atoms with van der Waals surface area (Å²) in [5.74, 6) is 1.30. The summed E-state index contributed by atoms with van der Waals surface area (Å²) >= 11 is 1.53. The lowest BCUT2D eigenvalue weighted by molar-refractivity contribution is 0.0494. The molecule has 0 saturated heterocycles. The number of carbonyl (C=O) groups excluding carboxylic acids is 1. The van der Waals surface area contributed by atoms with Crippen LogP contribution in [0, 0.1) is 0 Å². The molecule has 0 aliphatic carbocycles. The van der Waals surface area contributed by atoms with E-state index in [-0.39, 0.29) is 0 Å². The Labute approximate surface area is 175 Å². The van der Waals surface area contributed by atoms with Gasteiger partial charge >= 0.3 is 6.09 Å². The van der Waals surface area contributed by atoms with Crippen LogP contribution in [0.5, 0.6) is 0 Å². The number of benzene rings is 1. The van der Waals surface area contributed by atoms with Crippen molar-refractivity contribution in [3.05, 3.63) is 41.9 Å². The molecule has 3 aromatic rings. The number of fused-ring (bicyclic) bond motifs is 1. The van der Waals surface area contributed by atoms with Crippen molar-refractivity contribution in [1.29, 1.82) is 0 Å². The summed E-state index contributed by atoms with van der Waals surface area (Å²) in [7, 11) is 0. The zero-order chi connectivity index (χ0) is 20.9. The van der Waals surface area contributed by atoms with Crippen molar-refractivity contribution in [2.24, 2.45) is 0 Å². The monoisotopic (exact) mass is 416 g/mol. The van der Waals surface area contributed by atoms with E-state index in [1.807, 2.05) is 51.2 Å². The van der Waals surface area contributed by atoms with Crippen LogP contribution in [0.15, 0.2) is 40.1 Å². The summed E-state index contributed by atoms with van der Waals surface area (Å²) in [5.41, 5.74) is 1.51. The average molecular weight is 417 g/mol. The molecule has 0 fully saturated rings. The molecular weight excluding hydrogens is 388 g/mol. The molecule has 0 saturated carbocycles. The van der Waals surface area contributed by atoms with Gasteiger partial charge in [0.05, 0.1) is 0 Å². The summed E-state index contributed by atoms with van der Waals surface area (Å²) < 4.78 is 11.3. The van der Waals surface area contributed by atoms with Crippen LogP contribution in [0.25, 0.3) is 10.9 Å². The number of aromatic nitrogens is 3. The molecule has 7 nitrogen and oxygen atoms in total. The number of nitrogens with one attached hydrogen (secondary N) is 2. The van der Waals surface area contributed by atoms with Gasteiger partial charge in [0, 0.05) is 29.3 Å². The maximum absolute atomic E-state index is 12.4. The van der Waals surface area contributed by atoms with Gasteiger partial charge in [-0.2, -0.15) is 0 Å². The van der Waals surface area contributed by atoms with Crippen LogP contribution in [0.4, 0.5) is 4.79 Å². The lowest BCUT2D eigenvalue weighted by atomic mass is 10.1. The molecule has 2 aromatic heterocycles. The summed E-state index contributed by atoms with van der Waals surface area (Å²) in [5, 5.41) is 12.8. The SMILES string of the molecule is CCCCSc1nnc(C(Cc2c[nH]c3ccccc23)NC(=O)OC(C)(C)C)o1. The van der Waals surface area contributed by atoms with Gasteiger partial charge in [0.25, 0.3) is 5.22 Å². The van der Waals surface area contributed by atoms with E-state index in [1.54, 1.807) is 0 Å². The first-order valence-corrected chi connectivity index (χ1v) is 10.8. The Bertz CT molecular complexity index is 945. The number of nitrogens with zero attached hydrogens (tertiary/aromatic N) is 2. The molecule has 1 unspecified atom stereocenters. The van der Waals surface area contributed by atoms with Gasteiger partial charge in [0.2, 0.25) is 5.89 Å². The highest BCUT2D eigenvalue weighted by Gasteiger charge is 2.26. The highest BCUT2D eigenvalue weighted by atomic mass is 32.2. The topological polar surface area (TPSA) is 93.0 Å². The number of ether oxygens (including phenoxy) is 1. The third-order valence-electron chi connectivity index (χ3n) is 4.23. The minimum Gasteiger partial charge on any atom is -0.444 e. The molecule has 2 N–H and O–H groups in total. The van der Waals surface area contributed by atoms with Crippen molar-refractivity contribution < 1.29 is 13.9 Å². The first-order valence-electron chi connectivity index (χ1n) is 9.86. The number of rotatable bonds is 8. The zero-order valence-corrected chi connectivity index (χ0v) is 18.1. The van der Waals surface area contributed by atoms with Gasteiger partial charge in [0.1, 0.15) is 11.6 Å². The van der Waals surface area contributed by atoms with Gasteiger partial charge in [-0.3, -0.25) is 0 Å². The van der Waals surface area contributed by atoms with Crippen molar-refractivity contribution in [3.8, 4) is 0 Å². The van der Waals surface area contributed by atoms with E-state index in [0.29, 0.717) is 17.5 Å². The maximum atomic E-state index is 12.4. The van der Waals surface area contributed by atoms with E-state index < -0.39 is 17.7 Å². The quantitative estimate of drug-likeness (QED) is 0.385. The lowest BCUT2D eigenvalue weighted by Gasteiger charge is -2.22. The third-order valence-corrected chi connectivity index (χ3v) is 5.14. The number of carbonyl (C=O) groups is 1. The molecule has 0 aliphatic rings. The second-order valence-electron chi connectivity index (χ2n) is 7.87. The lowest BCUT2D eigenvalue weighted by Crippen LogP contribution is -2.36. The molecule has 29 heavy (non-hydrogen) atoms. The average Bonchev–Trinajstić information content (AvgIpc) is 3.27. The predicted octanol–water partition coefficient (Wildman–Crippen LogP) is 5.25. The first-order chi connectivity index (χ1) is 13.9. The van der Waals surface area contributed by atoms with E-state index in [1.165, 1.54) is 11.8 Å². The number of aromatic amines is 1. The molecule has 8 heteroatoms. The number of para-hydroxylation sites is 1. The van der Waals surface area contributed by atoms with E-state index in [2.05, 4.69) is 27.4 Å². The van der Waals surface area contributed by atoms with Crippen LogP contribution < -0.4 is 5.32 Å². The fraction of sp³-hybridized carbons (Fsp3) is 0.476. The van der Waals surface area contributed by atoms with Gasteiger partial charge in [-0.1, -0.05) is 43.3 Å². The van der Waals surface area contributed by atoms with Crippen molar-refractivity contribution >= 4 is 28.8 Å². The minimum absolute atomic E-state index is 0.375. The van der Waals surface area contributed by atoms with Crippen LogP contribution in [-0.2, 0) is 11.2 Å². The molecule has 1 amide bonds. The number of thioether (sulfide) groups is 1. The fourth-order valence-electron chi connectivity index (χ4n) is 2.89. The Morgan fingerprint density at radius 2 is 2.10 bits per heavy atom. The van der Waals surface area contributed by atoms with Crippen LogP contribution >= 0.6 is 11.8 Å². The second-order valence-corrected chi connectivity index (χ2v) is 8.92. The number of alkyl carbamates (subject to hydrolysis) is 1. The Hall–Kier alpha value is -2.48. The van der Waals surface area contributed by atoms with Gasteiger partial charge in [-0.25, -0.2) is 4.79 Å². The largest absolute Gasteiger partial charge is 0.444 e. The van der Waals surface area contributed by atoms with E-state index in [9.17, 15) is 4.79 Å². The van der Waals surface area contributed by atoms with Crippen molar-refractivity contribution in [2.75, 3.05) is 5.75 Å². The highest BCUT2D eigenvalue weighted by Crippen LogP contribution is 2.26. The van der Waals surface area contributed by atoms with Crippen LogP contribution in [0.2, 0.25) is 0 Å². The predicted molar refractivity (Wildman–Crippen MR) is 114 cm³/mol. The maximum Gasteiger partial charge on any atom is 0.408 e. The van der Waals surface area contributed by atoms with Crippen molar-refractivity contribution in [2.45, 2.75) is 63.8 Å². The fourth-order valence-corrected chi connectivity index (χ4v) is 3.74. The Balaban J connectivity index is 1.80. The van der Waals surface area contributed by atoms with Gasteiger partial charge in [0.15, 0.2) is 0 Å². The summed E-state index contributed by atoms with van der Waals surface area (Å²) in [6.07, 6.45) is 4.13. The summed E-state index contributed by atoms with van der Waals surface area (Å²) in [4.78, 5) is 15.7. The Morgan fingerprint density at radius 1 is 1.31 bits per heavy atom. The number of unbranched alkanes of at least 4 members (excludes halogenated alkanes) is 1. The highest BCUT2D eigenvalue weighted by molar-refractivity contribution is 7.99. The molecule has 1 atom stereocenters. The smallest absolute Gasteiger partial charge is 0.408 e. The van der Waals surface area contributed by atoms with Crippen LogP contribution in [-0.4, -0.2) is 32.6 Å². The summed E-state index contributed by atoms with van der Waals surface area (Å²) in [6, 6.07) is 7.55. The molecule has 3 rings (SSSR count). The van der Waals surface area contributed by atoms with Crippen molar-refractivity contribution in [1.82, 2.24) is 20.5 Å². The molecule has 0 aliphatic heterocycles. The second kappa shape index (κ2) is 9.35. The normalized spacial score (nSPS) is 12.8. The number of H-pyrrole nitrogens is 1.